The summed E-state index contributed by atoms with van der Waals surface area (Å²) in [5, 5.41) is 0. The van der Waals surface area contributed by atoms with Crippen LogP contribution in [0.25, 0.3) is 0 Å². The van der Waals surface area contributed by atoms with Crippen molar-refractivity contribution in [1.82, 2.24) is 0 Å². The first-order valence-electron chi connectivity index (χ1n) is 5.45. The molecule has 0 bridgehead atoms. The Labute approximate surface area is 95.9 Å². The lowest BCUT2D eigenvalue weighted by atomic mass is 10.3. The van der Waals surface area contributed by atoms with Crippen molar-refractivity contribution in [2.45, 2.75) is 39.5 Å². The number of esters is 1. The van der Waals surface area contributed by atoms with Crippen LogP contribution in [0.1, 0.15) is 39.5 Å². The van der Waals surface area contributed by atoms with E-state index in [4.69, 9.17) is 0 Å². The highest BCUT2D eigenvalue weighted by atomic mass is 32.2. The lowest BCUT2D eigenvalue weighted by molar-refractivity contribution is -0.145. The first kappa shape index (κ1) is 14.5. The summed E-state index contributed by atoms with van der Waals surface area (Å²) in [6, 6.07) is 0. The summed E-state index contributed by atoms with van der Waals surface area (Å²) in [7, 11) is 0. The summed E-state index contributed by atoms with van der Waals surface area (Å²) in [5.74, 6) is 0.997. The van der Waals surface area contributed by atoms with E-state index in [2.05, 4.69) is 11.7 Å². The highest BCUT2D eigenvalue weighted by molar-refractivity contribution is 7.99. The van der Waals surface area contributed by atoms with E-state index in [0.29, 0.717) is 12.4 Å². The summed E-state index contributed by atoms with van der Waals surface area (Å²) < 4.78 is 4.69. The van der Waals surface area contributed by atoms with Crippen molar-refractivity contribution >= 4 is 23.5 Å². The highest BCUT2D eigenvalue weighted by Gasteiger charge is 2.09. The zero-order chi connectivity index (χ0) is 11.5. The lowest BCUT2D eigenvalue weighted by Crippen LogP contribution is -2.12. The van der Waals surface area contributed by atoms with Gasteiger partial charge < -0.3 is 4.74 Å². The van der Waals surface area contributed by atoms with Gasteiger partial charge in [0.25, 0.3) is 0 Å². The molecule has 0 aliphatic heterocycles. The van der Waals surface area contributed by atoms with Crippen LogP contribution in [-0.4, -0.2) is 29.9 Å². The smallest absolute Gasteiger partial charge is 0.313 e. The molecule has 0 rings (SSSR count). The summed E-state index contributed by atoms with van der Waals surface area (Å²) in [6.45, 7) is 4.23. The molecule has 0 heterocycles. The Hall–Kier alpha value is -0.510. The van der Waals surface area contributed by atoms with Gasteiger partial charge in [-0.2, -0.15) is 11.8 Å². The van der Waals surface area contributed by atoms with Crippen LogP contribution in [0.5, 0.6) is 0 Å². The fourth-order valence-corrected chi connectivity index (χ4v) is 1.95. The van der Waals surface area contributed by atoms with Gasteiger partial charge in [-0.1, -0.05) is 19.8 Å². The van der Waals surface area contributed by atoms with Crippen molar-refractivity contribution in [3.63, 3.8) is 0 Å². The maximum Gasteiger partial charge on any atom is 0.313 e. The van der Waals surface area contributed by atoms with Crippen molar-refractivity contribution in [3.8, 4) is 0 Å². The Morgan fingerprint density at radius 2 is 1.93 bits per heavy atom. The van der Waals surface area contributed by atoms with Gasteiger partial charge in [0.05, 0.1) is 12.4 Å². The summed E-state index contributed by atoms with van der Waals surface area (Å²) in [5.41, 5.74) is 0. The first-order chi connectivity index (χ1) is 7.20. The molecule has 0 amide bonds. The standard InChI is InChI=1S/C11H20O3S/c1-3-5-6-7-15-9-10(12)8-11(13)14-4-2/h3-9H2,1-2H3. The zero-order valence-corrected chi connectivity index (χ0v) is 10.4. The molecule has 0 atom stereocenters. The van der Waals surface area contributed by atoms with Gasteiger partial charge >= 0.3 is 5.97 Å². The highest BCUT2D eigenvalue weighted by Crippen LogP contribution is 2.07. The van der Waals surface area contributed by atoms with Gasteiger partial charge in [0.15, 0.2) is 5.78 Å². The van der Waals surface area contributed by atoms with Gasteiger partial charge in [-0.3, -0.25) is 9.59 Å². The Kier molecular flexibility index (Phi) is 9.68. The number of carbonyl (C=O) groups excluding carboxylic acids is 2. The molecule has 0 N–H and O–H groups in total. The van der Waals surface area contributed by atoms with Crippen molar-refractivity contribution in [3.05, 3.63) is 0 Å². The second-order valence-electron chi connectivity index (χ2n) is 3.28. The molecule has 3 nitrogen and oxygen atoms in total. The topological polar surface area (TPSA) is 43.4 Å². The lowest BCUT2D eigenvalue weighted by Gasteiger charge is -2.01. The Morgan fingerprint density at radius 1 is 1.20 bits per heavy atom. The number of Topliss-reactive ketones (excluding diaryl/α,β-unsaturated/α-hetero) is 1. The number of rotatable bonds is 9. The average molecular weight is 232 g/mol. The van der Waals surface area contributed by atoms with Crippen molar-refractivity contribution in [2.24, 2.45) is 0 Å². The molecular weight excluding hydrogens is 212 g/mol. The van der Waals surface area contributed by atoms with Crippen molar-refractivity contribution in [2.75, 3.05) is 18.1 Å². The minimum atomic E-state index is -0.406. The Balaban J connectivity index is 3.37. The van der Waals surface area contributed by atoms with Gasteiger partial charge in [-0.05, 0) is 19.1 Å². The van der Waals surface area contributed by atoms with Crippen LogP contribution in [0.4, 0.5) is 0 Å². The predicted molar refractivity (Wildman–Crippen MR) is 63.1 cm³/mol. The van der Waals surface area contributed by atoms with E-state index in [1.165, 1.54) is 12.8 Å². The number of unbranched alkanes of at least 4 members (excludes halogenated alkanes) is 2. The summed E-state index contributed by atoms with van der Waals surface area (Å²) in [4.78, 5) is 22.2. The van der Waals surface area contributed by atoms with E-state index < -0.39 is 5.97 Å². The van der Waals surface area contributed by atoms with Crippen LogP contribution in [0.2, 0.25) is 0 Å². The number of ketones is 1. The van der Waals surface area contributed by atoms with E-state index in [0.717, 1.165) is 12.2 Å². The molecule has 0 fully saturated rings. The first-order valence-corrected chi connectivity index (χ1v) is 6.61. The fraction of sp³-hybridized carbons (Fsp3) is 0.818. The van der Waals surface area contributed by atoms with Crippen LogP contribution in [-0.2, 0) is 14.3 Å². The molecule has 4 heteroatoms. The second-order valence-corrected chi connectivity index (χ2v) is 4.39. The molecule has 15 heavy (non-hydrogen) atoms. The Bertz CT molecular complexity index is 192. The number of thioether (sulfide) groups is 1. The number of carbonyl (C=O) groups is 2. The van der Waals surface area contributed by atoms with Gasteiger partial charge in [0.2, 0.25) is 0 Å². The summed E-state index contributed by atoms with van der Waals surface area (Å²) in [6.07, 6.45) is 3.47. The van der Waals surface area contributed by atoms with Crippen LogP contribution in [0, 0.1) is 0 Å². The van der Waals surface area contributed by atoms with E-state index in [1.807, 2.05) is 0 Å². The monoisotopic (exact) mass is 232 g/mol. The molecule has 0 unspecified atom stereocenters. The molecule has 0 aliphatic carbocycles. The van der Waals surface area contributed by atoms with Crippen molar-refractivity contribution in [1.29, 1.82) is 0 Å². The number of hydrogen-bond acceptors (Lipinski definition) is 4. The summed E-state index contributed by atoms with van der Waals surface area (Å²) >= 11 is 1.60. The maximum absolute atomic E-state index is 11.2. The molecular formula is C11H20O3S. The van der Waals surface area contributed by atoms with E-state index >= 15 is 0 Å². The third-order valence-electron chi connectivity index (χ3n) is 1.80. The second kappa shape index (κ2) is 10.0. The van der Waals surface area contributed by atoms with Crippen LogP contribution < -0.4 is 0 Å². The minimum Gasteiger partial charge on any atom is -0.466 e. The molecule has 0 radical (unpaired) electrons. The largest absolute Gasteiger partial charge is 0.466 e. The average Bonchev–Trinajstić information content (AvgIpc) is 2.17. The van der Waals surface area contributed by atoms with Gasteiger partial charge in [0, 0.05) is 0 Å². The molecule has 88 valence electrons. The molecule has 0 saturated heterocycles. The van der Waals surface area contributed by atoms with Crippen LogP contribution in [0.15, 0.2) is 0 Å². The quantitative estimate of drug-likeness (QED) is 0.348. The molecule has 0 aromatic heterocycles. The SMILES string of the molecule is CCCCCSCC(=O)CC(=O)OCC. The minimum absolute atomic E-state index is 0.0325. The molecule has 0 aromatic rings. The molecule has 0 aliphatic rings. The third kappa shape index (κ3) is 9.79. The zero-order valence-electron chi connectivity index (χ0n) is 9.58. The predicted octanol–water partition coefficient (Wildman–Crippen LogP) is 2.43. The fourth-order valence-electron chi connectivity index (χ4n) is 1.06. The molecule has 0 spiro atoms. The number of hydrogen-bond donors (Lipinski definition) is 0. The third-order valence-corrected chi connectivity index (χ3v) is 2.91. The van der Waals surface area contributed by atoms with Gasteiger partial charge in [0.1, 0.15) is 6.42 Å². The normalized spacial score (nSPS) is 10.0. The Morgan fingerprint density at radius 3 is 2.53 bits per heavy atom. The molecule has 0 saturated carbocycles. The van der Waals surface area contributed by atoms with Gasteiger partial charge in [-0.15, -0.1) is 0 Å². The van der Waals surface area contributed by atoms with Gasteiger partial charge in [-0.25, -0.2) is 0 Å². The van der Waals surface area contributed by atoms with Crippen molar-refractivity contribution < 1.29 is 14.3 Å². The number of ether oxygens (including phenoxy) is 1. The maximum atomic E-state index is 11.2. The van der Waals surface area contributed by atoms with E-state index in [1.54, 1.807) is 18.7 Å². The van der Waals surface area contributed by atoms with E-state index in [-0.39, 0.29) is 12.2 Å². The van der Waals surface area contributed by atoms with Crippen LogP contribution in [0.3, 0.4) is 0 Å². The molecule has 0 aromatic carbocycles. The van der Waals surface area contributed by atoms with E-state index in [9.17, 15) is 9.59 Å². The van der Waals surface area contributed by atoms with Crippen LogP contribution >= 0.6 is 11.8 Å².